The number of benzene rings is 2. The van der Waals surface area contributed by atoms with Crippen LogP contribution >= 0.6 is 0 Å². The normalized spacial score (nSPS) is 17.7. The summed E-state index contributed by atoms with van der Waals surface area (Å²) in [5.74, 6) is -1.69. The minimum Gasteiger partial charge on any atom is -0.507 e. The summed E-state index contributed by atoms with van der Waals surface area (Å²) in [6.45, 7) is 8.92. The van der Waals surface area contributed by atoms with Gasteiger partial charge in [-0.1, -0.05) is 44.2 Å². The van der Waals surface area contributed by atoms with Crippen molar-refractivity contribution in [2.45, 2.75) is 46.3 Å². The summed E-state index contributed by atoms with van der Waals surface area (Å²) >= 11 is 0. The smallest absolute Gasteiger partial charge is 0.295 e. The van der Waals surface area contributed by atoms with Crippen LogP contribution in [0.15, 0.2) is 54.1 Å². The highest BCUT2D eigenvalue weighted by Gasteiger charge is 2.46. The van der Waals surface area contributed by atoms with Gasteiger partial charge in [0.15, 0.2) is 0 Å². The first-order chi connectivity index (χ1) is 16.2. The van der Waals surface area contributed by atoms with Crippen molar-refractivity contribution < 1.29 is 28.6 Å². The third-order valence-corrected chi connectivity index (χ3v) is 5.43. The van der Waals surface area contributed by atoms with Gasteiger partial charge in [0.25, 0.3) is 11.7 Å². The maximum Gasteiger partial charge on any atom is 0.295 e. The van der Waals surface area contributed by atoms with Crippen LogP contribution in [0.4, 0.5) is 4.39 Å². The molecule has 182 valence electrons. The maximum atomic E-state index is 14.8. The molecule has 2 aromatic carbocycles. The predicted molar refractivity (Wildman–Crippen MR) is 128 cm³/mol. The summed E-state index contributed by atoms with van der Waals surface area (Å²) in [4.78, 5) is 27.3. The molecule has 1 N–H and O–H groups in total. The zero-order chi connectivity index (χ0) is 24.8. The quantitative estimate of drug-likeness (QED) is 0.227. The molecule has 1 aliphatic rings. The Morgan fingerprint density at radius 1 is 1.09 bits per heavy atom. The summed E-state index contributed by atoms with van der Waals surface area (Å²) in [6, 6.07) is 11.6. The first kappa shape index (κ1) is 25.4. The van der Waals surface area contributed by atoms with Crippen molar-refractivity contribution in [2.24, 2.45) is 5.92 Å². The minimum atomic E-state index is -1.04. The number of aliphatic hydroxyl groups is 1. The molecule has 0 spiro atoms. The predicted octanol–water partition coefficient (Wildman–Crippen LogP) is 5.10. The summed E-state index contributed by atoms with van der Waals surface area (Å²) < 4.78 is 26.1. The standard InChI is InChI=1S/C27H32FNO5/c1-17(2)16-34-20-10-7-9-19(15-20)25(30)23-24(21-11-5-6-12-22(21)28)29(27(32)26(23)31)13-8-14-33-18(3)4/h5-7,9-12,15,17-18,24,30H,8,13-14,16H2,1-4H3/b25-23-. The maximum absolute atomic E-state index is 14.8. The number of ketones is 1. The van der Waals surface area contributed by atoms with Crippen molar-refractivity contribution in [1.82, 2.24) is 4.90 Å². The molecule has 2 aromatic rings. The number of hydrogen-bond acceptors (Lipinski definition) is 5. The number of hydrogen-bond donors (Lipinski definition) is 1. The highest BCUT2D eigenvalue weighted by molar-refractivity contribution is 6.46. The number of ether oxygens (including phenoxy) is 2. The van der Waals surface area contributed by atoms with Crippen LogP contribution in [0.2, 0.25) is 0 Å². The molecule has 6 nitrogen and oxygen atoms in total. The summed E-state index contributed by atoms with van der Waals surface area (Å²) in [6.07, 6.45) is 0.498. The van der Waals surface area contributed by atoms with Gasteiger partial charge in [0.05, 0.1) is 24.3 Å². The number of carbonyl (C=O) groups is 2. The van der Waals surface area contributed by atoms with Gasteiger partial charge < -0.3 is 19.5 Å². The molecule has 0 aliphatic carbocycles. The Labute approximate surface area is 200 Å². The van der Waals surface area contributed by atoms with Gasteiger partial charge in [-0.25, -0.2) is 4.39 Å². The second kappa shape index (κ2) is 11.3. The van der Waals surface area contributed by atoms with E-state index in [2.05, 4.69) is 0 Å². The van der Waals surface area contributed by atoms with E-state index in [1.807, 2.05) is 27.7 Å². The number of nitrogens with zero attached hydrogens (tertiary/aromatic N) is 1. The van der Waals surface area contributed by atoms with Gasteiger partial charge in [-0.2, -0.15) is 0 Å². The van der Waals surface area contributed by atoms with Crippen molar-refractivity contribution in [3.05, 3.63) is 71.0 Å². The lowest BCUT2D eigenvalue weighted by molar-refractivity contribution is -0.140. The molecule has 34 heavy (non-hydrogen) atoms. The van der Waals surface area contributed by atoms with Crippen LogP contribution < -0.4 is 4.74 Å². The van der Waals surface area contributed by atoms with Crippen LogP contribution in [0.3, 0.4) is 0 Å². The van der Waals surface area contributed by atoms with Crippen LogP contribution in [0.25, 0.3) is 5.76 Å². The molecule has 1 heterocycles. The molecule has 0 saturated carbocycles. The molecule has 0 radical (unpaired) electrons. The van der Waals surface area contributed by atoms with Gasteiger partial charge in [0, 0.05) is 24.3 Å². The molecular weight excluding hydrogens is 437 g/mol. The molecule has 1 unspecified atom stereocenters. The largest absolute Gasteiger partial charge is 0.507 e. The van der Waals surface area contributed by atoms with Crippen molar-refractivity contribution in [1.29, 1.82) is 0 Å². The van der Waals surface area contributed by atoms with Crippen LogP contribution in [-0.2, 0) is 14.3 Å². The number of carbonyl (C=O) groups excluding carboxylic acids is 2. The Morgan fingerprint density at radius 3 is 2.50 bits per heavy atom. The van der Waals surface area contributed by atoms with Gasteiger partial charge in [-0.3, -0.25) is 9.59 Å². The fraction of sp³-hybridized carbons (Fsp3) is 0.407. The van der Waals surface area contributed by atoms with Crippen molar-refractivity contribution in [2.75, 3.05) is 19.8 Å². The second-order valence-electron chi connectivity index (χ2n) is 9.02. The van der Waals surface area contributed by atoms with E-state index in [0.29, 0.717) is 36.9 Å². The molecule has 1 saturated heterocycles. The molecule has 7 heteroatoms. The van der Waals surface area contributed by atoms with E-state index in [0.717, 1.165) is 0 Å². The number of rotatable bonds is 10. The van der Waals surface area contributed by atoms with Crippen molar-refractivity contribution in [3.8, 4) is 5.75 Å². The fourth-order valence-corrected chi connectivity index (χ4v) is 3.84. The Kier molecular flexibility index (Phi) is 8.45. The number of amides is 1. The highest BCUT2D eigenvalue weighted by atomic mass is 19.1. The van der Waals surface area contributed by atoms with E-state index in [4.69, 9.17) is 9.47 Å². The molecule has 1 amide bonds. The first-order valence-corrected chi connectivity index (χ1v) is 11.6. The zero-order valence-corrected chi connectivity index (χ0v) is 20.1. The van der Waals surface area contributed by atoms with Gasteiger partial charge >= 0.3 is 0 Å². The van der Waals surface area contributed by atoms with E-state index in [-0.39, 0.29) is 29.5 Å². The average Bonchev–Trinajstić information content (AvgIpc) is 3.05. The highest BCUT2D eigenvalue weighted by Crippen LogP contribution is 2.40. The Balaban J connectivity index is 2.02. The molecule has 3 rings (SSSR count). The van der Waals surface area contributed by atoms with E-state index in [1.165, 1.54) is 23.1 Å². The Bertz CT molecular complexity index is 1060. The van der Waals surface area contributed by atoms with Crippen molar-refractivity contribution in [3.63, 3.8) is 0 Å². The lowest BCUT2D eigenvalue weighted by atomic mass is 9.95. The minimum absolute atomic E-state index is 0.0305. The van der Waals surface area contributed by atoms with Gasteiger partial charge in [-0.15, -0.1) is 0 Å². The van der Waals surface area contributed by atoms with Crippen LogP contribution in [0, 0.1) is 11.7 Å². The van der Waals surface area contributed by atoms with Crippen LogP contribution in [0.1, 0.15) is 51.3 Å². The Hall–Kier alpha value is -3.19. The van der Waals surface area contributed by atoms with E-state index < -0.39 is 23.5 Å². The third-order valence-electron chi connectivity index (χ3n) is 5.43. The lowest BCUT2D eigenvalue weighted by Crippen LogP contribution is -2.31. The van der Waals surface area contributed by atoms with Gasteiger partial charge in [0.1, 0.15) is 17.3 Å². The van der Waals surface area contributed by atoms with Gasteiger partial charge in [-0.05, 0) is 44.4 Å². The van der Waals surface area contributed by atoms with E-state index in [9.17, 15) is 19.1 Å². The third kappa shape index (κ3) is 5.83. The molecule has 0 bridgehead atoms. The summed E-state index contributed by atoms with van der Waals surface area (Å²) in [5, 5.41) is 11.2. The first-order valence-electron chi connectivity index (χ1n) is 11.6. The monoisotopic (exact) mass is 469 g/mol. The molecule has 1 atom stereocenters. The summed E-state index contributed by atoms with van der Waals surface area (Å²) in [5.41, 5.74) is 0.338. The average molecular weight is 470 g/mol. The number of likely N-dealkylation sites (tertiary alicyclic amines) is 1. The number of Topliss-reactive ketones (excluding diaryl/α,β-unsaturated/α-hetero) is 1. The van der Waals surface area contributed by atoms with Crippen LogP contribution in [-0.4, -0.2) is 47.6 Å². The molecular formula is C27H32FNO5. The fourth-order valence-electron chi connectivity index (χ4n) is 3.84. The Morgan fingerprint density at radius 2 is 1.82 bits per heavy atom. The summed E-state index contributed by atoms with van der Waals surface area (Å²) in [7, 11) is 0. The van der Waals surface area contributed by atoms with Crippen molar-refractivity contribution >= 4 is 17.4 Å². The zero-order valence-electron chi connectivity index (χ0n) is 20.1. The lowest BCUT2D eigenvalue weighted by Gasteiger charge is -2.25. The molecule has 1 aliphatic heterocycles. The SMILES string of the molecule is CC(C)COc1cccc(/C(O)=C2/C(=O)C(=O)N(CCCOC(C)C)C2c2ccccc2F)c1. The van der Waals surface area contributed by atoms with E-state index in [1.54, 1.807) is 30.3 Å². The van der Waals surface area contributed by atoms with Crippen LogP contribution in [0.5, 0.6) is 5.75 Å². The van der Waals surface area contributed by atoms with Gasteiger partial charge in [0.2, 0.25) is 0 Å². The molecule has 1 fully saturated rings. The molecule has 0 aromatic heterocycles. The second-order valence-corrected chi connectivity index (χ2v) is 9.02. The topological polar surface area (TPSA) is 76.1 Å². The number of halogens is 1. The van der Waals surface area contributed by atoms with E-state index >= 15 is 0 Å². The number of aliphatic hydroxyl groups excluding tert-OH is 1.